The van der Waals surface area contributed by atoms with Crippen LogP contribution in [-0.2, 0) is 47.8 Å². The Balaban J connectivity index is 0. The Kier molecular flexibility index (Phi) is 2180. The molecular weight excluding hydrogens is 165 g/mol. The van der Waals surface area contributed by atoms with E-state index in [1.54, 1.807) is 0 Å². The molecule has 0 aromatic heterocycles. The van der Waals surface area contributed by atoms with Gasteiger partial charge in [0.05, 0.1) is 0 Å². The summed E-state index contributed by atoms with van der Waals surface area (Å²) in [5.41, 5.74) is 0. The molecule has 0 atom stereocenters. The van der Waals surface area contributed by atoms with Gasteiger partial charge in [0.2, 0.25) is 0 Å². The van der Waals surface area contributed by atoms with E-state index in [0.29, 0.717) is 0 Å². The number of hydrogen-bond donors (Lipinski definition) is 0. The summed E-state index contributed by atoms with van der Waals surface area (Å²) in [6.07, 6.45) is 0. The monoisotopic (exact) mass is 165 g/mol. The molecule has 27 valence electrons. The van der Waals surface area contributed by atoms with E-state index < -0.39 is 0 Å². The van der Waals surface area contributed by atoms with Crippen LogP contribution in [0.15, 0.2) is 0 Å². The summed E-state index contributed by atoms with van der Waals surface area (Å²) in [6, 6.07) is 0. The molecule has 3 nitrogen and oxygen atoms in total. The van der Waals surface area contributed by atoms with E-state index >= 15 is 0 Å². The molecule has 0 spiro atoms. The van der Waals surface area contributed by atoms with Crippen molar-refractivity contribution in [3.8, 4) is 0 Å². The van der Waals surface area contributed by atoms with E-state index in [4.69, 9.17) is 0 Å². The summed E-state index contributed by atoms with van der Waals surface area (Å²) in [5, 5.41) is 0. The Hall–Kier alpha value is 1.04. The maximum atomic E-state index is 0. The molecule has 0 bridgehead atoms. The molecule has 0 aliphatic rings. The first kappa shape index (κ1) is 143. The fourth-order valence-corrected chi connectivity index (χ4v) is 0. The summed E-state index contributed by atoms with van der Waals surface area (Å²) < 4.78 is 0. The van der Waals surface area contributed by atoms with Crippen molar-refractivity contribution < 1.29 is 53.3 Å². The maximum absolute atomic E-state index is 0. The molecule has 0 unspecified atom stereocenters. The van der Waals surface area contributed by atoms with Crippen LogP contribution in [0.4, 0.5) is 0 Å². The van der Waals surface area contributed by atoms with Crippen LogP contribution in [0.5, 0.6) is 0 Å². The van der Waals surface area contributed by atoms with Crippen molar-refractivity contribution in [1.29, 1.82) is 0 Å². The van der Waals surface area contributed by atoms with Crippen LogP contribution in [-0.4, -0.2) is 5.48 Å². The molecule has 0 saturated heterocycles. The van der Waals surface area contributed by atoms with Crippen LogP contribution >= 0.6 is 0 Å². The van der Waals surface area contributed by atoms with Gasteiger partial charge in [0, 0.05) is 0 Å². The van der Waals surface area contributed by atoms with Crippen LogP contribution in [0.25, 0.3) is 0 Å². The number of rotatable bonds is 0. The van der Waals surface area contributed by atoms with Crippen LogP contribution in [0.3, 0.4) is 0 Å². The van der Waals surface area contributed by atoms with Crippen molar-refractivity contribution in [2.75, 3.05) is 0 Å². The molecule has 0 aromatic carbocycles. The van der Waals surface area contributed by atoms with E-state index in [1.165, 1.54) is 0 Å². The second-order valence-electron chi connectivity index (χ2n) is 0. The zero-order valence-electron chi connectivity index (χ0n) is 2.38. The van der Waals surface area contributed by atoms with Crippen LogP contribution < -0.4 is 0 Å². The Labute approximate surface area is 53.6 Å². The quantitative estimate of drug-likeness (QED) is 0.450. The topological polar surface area (TPSA) is 87.0 Å². The summed E-state index contributed by atoms with van der Waals surface area (Å²) >= 11 is 0. The van der Waals surface area contributed by atoms with Crippen molar-refractivity contribution >= 4 is 0 Å². The molecular formula is HCrO3Zn. The Morgan fingerprint density at radius 1 is 0.800 bits per heavy atom. The van der Waals surface area contributed by atoms with Crippen LogP contribution in [0.2, 0.25) is 0 Å². The van der Waals surface area contributed by atoms with Gasteiger partial charge in [-0.05, 0) is 0 Å². The molecule has 1 N–H and O–H groups in total. The standard InChI is InChI=1S/Cr.H2O.2O.Zn/h;1H2;;;/q+3;;2*-2;+2/p-1. The maximum Gasteiger partial charge on any atom is 3.00 e. The fourth-order valence-electron chi connectivity index (χ4n) is 0. The van der Waals surface area contributed by atoms with Gasteiger partial charge in [0.25, 0.3) is 0 Å². The van der Waals surface area contributed by atoms with Gasteiger partial charge in [-0.25, -0.2) is 0 Å². The third-order valence-electron chi connectivity index (χ3n) is 0. The normalized spacial score (nSPS) is 0. The smallest absolute Gasteiger partial charge is 2.00 e. The molecule has 5 heavy (non-hydrogen) atoms. The summed E-state index contributed by atoms with van der Waals surface area (Å²) in [5.74, 6) is 0. The minimum absolute atomic E-state index is 0. The largest absolute Gasteiger partial charge is 3.00 e. The summed E-state index contributed by atoms with van der Waals surface area (Å²) in [4.78, 5) is 0. The molecule has 0 rings (SSSR count). The van der Waals surface area contributed by atoms with Gasteiger partial charge in [-0.2, -0.15) is 0 Å². The molecule has 0 heterocycles. The molecule has 0 aromatic rings. The van der Waals surface area contributed by atoms with E-state index in [1.807, 2.05) is 0 Å². The van der Waals surface area contributed by atoms with Crippen molar-refractivity contribution in [3.05, 3.63) is 0 Å². The zero-order valence-corrected chi connectivity index (χ0v) is 6.62. The van der Waals surface area contributed by atoms with E-state index in [2.05, 4.69) is 0 Å². The van der Waals surface area contributed by atoms with Gasteiger partial charge in [0.1, 0.15) is 0 Å². The van der Waals surface area contributed by atoms with Crippen molar-refractivity contribution in [1.82, 2.24) is 0 Å². The Bertz CT molecular complexity index is 6.85. The first-order chi connectivity index (χ1) is 0. The van der Waals surface area contributed by atoms with E-state index in [9.17, 15) is 0 Å². The molecule has 5 heteroatoms. The fraction of sp³-hybridized carbons (Fsp3) is 0. The van der Waals surface area contributed by atoms with E-state index in [0.717, 1.165) is 0 Å². The van der Waals surface area contributed by atoms with E-state index in [-0.39, 0.29) is 53.3 Å². The van der Waals surface area contributed by atoms with Crippen molar-refractivity contribution in [2.45, 2.75) is 0 Å². The van der Waals surface area contributed by atoms with Gasteiger partial charge >= 0.3 is 36.8 Å². The molecule has 0 amide bonds. The summed E-state index contributed by atoms with van der Waals surface area (Å²) in [6.45, 7) is 0. The Morgan fingerprint density at radius 3 is 0.800 bits per heavy atom. The number of hydrogen-bond acceptors (Lipinski definition) is 1. The van der Waals surface area contributed by atoms with Crippen LogP contribution in [0, 0.1) is 0 Å². The third-order valence-corrected chi connectivity index (χ3v) is 0. The molecule has 1 radical (unpaired) electrons. The average Bonchev–Trinajstić information content (AvgIpc) is 0. The molecule has 0 fully saturated rings. The van der Waals surface area contributed by atoms with Crippen molar-refractivity contribution in [2.24, 2.45) is 0 Å². The average molecular weight is 166 g/mol. The van der Waals surface area contributed by atoms with Gasteiger partial charge in [-0.15, -0.1) is 0 Å². The predicted molar refractivity (Wildman–Crippen MR) is 3.31 cm³/mol. The minimum Gasteiger partial charge on any atom is -2.00 e. The predicted octanol–water partition coefficient (Wildman–Crippen LogP) is -0.419. The zero-order chi connectivity index (χ0) is 0. The SMILES string of the molecule is [Cr+3].[O-2].[O-2].[OH-].[Zn+2]. The third kappa shape index (κ3) is 43.3. The second-order valence-corrected chi connectivity index (χ2v) is 0. The van der Waals surface area contributed by atoms with Gasteiger partial charge in [-0.1, -0.05) is 0 Å². The molecule has 0 aliphatic heterocycles. The van der Waals surface area contributed by atoms with Gasteiger partial charge < -0.3 is 16.4 Å². The summed E-state index contributed by atoms with van der Waals surface area (Å²) in [7, 11) is 0. The van der Waals surface area contributed by atoms with Gasteiger partial charge in [0.15, 0.2) is 0 Å². The first-order valence-electron chi connectivity index (χ1n) is 0. The van der Waals surface area contributed by atoms with Gasteiger partial charge in [-0.3, -0.25) is 0 Å². The minimum atomic E-state index is 0. The van der Waals surface area contributed by atoms with Crippen LogP contribution in [0.1, 0.15) is 0 Å². The molecule has 0 aliphatic carbocycles. The second kappa shape index (κ2) is 76.4. The first-order valence-corrected chi connectivity index (χ1v) is 0. The molecule has 0 saturated carbocycles. The Morgan fingerprint density at radius 2 is 0.800 bits per heavy atom. The van der Waals surface area contributed by atoms with Crippen molar-refractivity contribution in [3.63, 3.8) is 0 Å².